The van der Waals surface area contributed by atoms with E-state index in [9.17, 15) is 4.79 Å². The van der Waals surface area contributed by atoms with Gasteiger partial charge in [0.1, 0.15) is 0 Å². The van der Waals surface area contributed by atoms with E-state index < -0.39 is 5.97 Å². The first-order valence-electron chi connectivity index (χ1n) is 3.86. The monoisotopic (exact) mass is 176 g/mol. The average Bonchev–Trinajstić information content (AvgIpc) is 2.52. The summed E-state index contributed by atoms with van der Waals surface area (Å²) in [6.45, 7) is 1.74. The van der Waals surface area contributed by atoms with Gasteiger partial charge in [-0.3, -0.25) is 0 Å². The Morgan fingerprint density at radius 3 is 3.08 bits per heavy atom. The van der Waals surface area contributed by atoms with E-state index in [1.807, 2.05) is 18.3 Å². The Hall–Kier alpha value is -1.84. The van der Waals surface area contributed by atoms with Crippen LogP contribution in [0.3, 0.4) is 0 Å². The van der Waals surface area contributed by atoms with Gasteiger partial charge in [0, 0.05) is 6.20 Å². The van der Waals surface area contributed by atoms with Crippen LogP contribution in [0.25, 0.3) is 5.52 Å². The maximum atomic E-state index is 10.7. The fourth-order valence-electron chi connectivity index (χ4n) is 1.35. The molecular formula is C9H8N2O2. The smallest absolute Gasteiger partial charge is 0.356 e. The van der Waals surface area contributed by atoms with Gasteiger partial charge in [-0.1, -0.05) is 0 Å². The van der Waals surface area contributed by atoms with Crippen LogP contribution in [-0.2, 0) is 0 Å². The van der Waals surface area contributed by atoms with Crippen molar-refractivity contribution >= 4 is 11.5 Å². The van der Waals surface area contributed by atoms with Crippen molar-refractivity contribution in [1.29, 1.82) is 0 Å². The third kappa shape index (κ3) is 1.07. The fourth-order valence-corrected chi connectivity index (χ4v) is 1.35. The van der Waals surface area contributed by atoms with Crippen molar-refractivity contribution in [1.82, 2.24) is 9.38 Å². The lowest BCUT2D eigenvalue weighted by Crippen LogP contribution is -2.06. The van der Waals surface area contributed by atoms with E-state index in [4.69, 9.17) is 5.11 Å². The van der Waals surface area contributed by atoms with Gasteiger partial charge in [0.15, 0.2) is 5.69 Å². The number of rotatable bonds is 1. The number of nitrogens with zero attached hydrogens (tertiary/aromatic N) is 2. The molecule has 0 saturated heterocycles. The summed E-state index contributed by atoms with van der Waals surface area (Å²) in [6.07, 6.45) is 3.37. The molecule has 0 amide bonds. The van der Waals surface area contributed by atoms with E-state index in [-0.39, 0.29) is 5.69 Å². The first-order valence-corrected chi connectivity index (χ1v) is 3.86. The molecular weight excluding hydrogens is 168 g/mol. The largest absolute Gasteiger partial charge is 0.476 e. The Morgan fingerprint density at radius 1 is 1.62 bits per heavy atom. The molecule has 0 aliphatic rings. The van der Waals surface area contributed by atoms with Crippen molar-refractivity contribution in [3.05, 3.63) is 35.9 Å². The number of carbonyl (C=O) groups is 1. The van der Waals surface area contributed by atoms with Gasteiger partial charge in [-0.05, 0) is 19.1 Å². The number of aromatic nitrogens is 2. The Balaban J connectivity index is 2.80. The molecule has 2 aromatic rings. The minimum atomic E-state index is -0.992. The molecule has 0 spiro atoms. The number of aromatic carboxylic acids is 1. The van der Waals surface area contributed by atoms with E-state index in [1.165, 1.54) is 0 Å². The van der Waals surface area contributed by atoms with E-state index >= 15 is 0 Å². The second kappa shape index (κ2) is 2.58. The van der Waals surface area contributed by atoms with Crippen molar-refractivity contribution in [2.45, 2.75) is 6.92 Å². The van der Waals surface area contributed by atoms with Crippen LogP contribution in [-0.4, -0.2) is 20.5 Å². The molecule has 2 rings (SSSR count). The minimum Gasteiger partial charge on any atom is -0.476 e. The van der Waals surface area contributed by atoms with Crippen molar-refractivity contribution in [3.8, 4) is 0 Å². The Bertz CT molecular complexity index is 473. The molecule has 0 bridgehead atoms. The summed E-state index contributed by atoms with van der Waals surface area (Å²) in [5, 5.41) is 8.79. The molecule has 0 unspecified atom stereocenters. The Kier molecular flexibility index (Phi) is 1.55. The summed E-state index contributed by atoms with van der Waals surface area (Å²) in [5.74, 6) is -0.992. The maximum absolute atomic E-state index is 10.7. The highest BCUT2D eigenvalue weighted by Gasteiger charge is 2.10. The molecule has 66 valence electrons. The number of fused-ring (bicyclic) bond motifs is 1. The number of aryl methyl sites for hydroxylation is 1. The average molecular weight is 176 g/mol. The zero-order valence-corrected chi connectivity index (χ0v) is 7.06. The summed E-state index contributed by atoms with van der Waals surface area (Å²) in [4.78, 5) is 14.6. The van der Waals surface area contributed by atoms with Gasteiger partial charge >= 0.3 is 5.97 Å². The van der Waals surface area contributed by atoms with Gasteiger partial charge in [-0.25, -0.2) is 9.78 Å². The van der Waals surface area contributed by atoms with Crippen molar-refractivity contribution in [3.63, 3.8) is 0 Å². The topological polar surface area (TPSA) is 54.6 Å². The molecule has 0 fully saturated rings. The maximum Gasteiger partial charge on any atom is 0.356 e. The molecule has 4 nitrogen and oxygen atoms in total. The van der Waals surface area contributed by atoms with Crippen LogP contribution in [0.15, 0.2) is 24.5 Å². The highest BCUT2D eigenvalue weighted by molar-refractivity contribution is 5.86. The van der Waals surface area contributed by atoms with Crippen molar-refractivity contribution < 1.29 is 9.90 Å². The molecule has 2 heterocycles. The SMILES string of the molecule is Cc1c(C(=O)O)ncc2cccn12. The third-order valence-corrected chi connectivity index (χ3v) is 2.01. The van der Waals surface area contributed by atoms with E-state index in [1.54, 1.807) is 17.5 Å². The Labute approximate surface area is 74.5 Å². The second-order valence-electron chi connectivity index (χ2n) is 2.80. The molecule has 4 heteroatoms. The predicted molar refractivity (Wildman–Crippen MR) is 46.9 cm³/mol. The zero-order valence-electron chi connectivity index (χ0n) is 7.06. The first kappa shape index (κ1) is 7.79. The molecule has 2 aromatic heterocycles. The van der Waals surface area contributed by atoms with Gasteiger partial charge in [-0.15, -0.1) is 0 Å². The summed E-state index contributed by atoms with van der Waals surface area (Å²) in [7, 11) is 0. The summed E-state index contributed by atoms with van der Waals surface area (Å²) >= 11 is 0. The van der Waals surface area contributed by atoms with Gasteiger partial charge in [0.2, 0.25) is 0 Å². The third-order valence-electron chi connectivity index (χ3n) is 2.01. The van der Waals surface area contributed by atoms with Crippen LogP contribution in [0.4, 0.5) is 0 Å². The van der Waals surface area contributed by atoms with E-state index in [0.717, 1.165) is 5.52 Å². The minimum absolute atomic E-state index is 0.101. The van der Waals surface area contributed by atoms with Gasteiger partial charge in [0.25, 0.3) is 0 Å². The molecule has 0 aliphatic heterocycles. The fraction of sp³-hybridized carbons (Fsp3) is 0.111. The van der Waals surface area contributed by atoms with E-state index in [0.29, 0.717) is 5.69 Å². The highest BCUT2D eigenvalue weighted by atomic mass is 16.4. The lowest BCUT2D eigenvalue weighted by atomic mass is 10.3. The number of hydrogen-bond acceptors (Lipinski definition) is 2. The zero-order chi connectivity index (χ0) is 9.42. The lowest BCUT2D eigenvalue weighted by Gasteiger charge is -2.02. The van der Waals surface area contributed by atoms with Crippen LogP contribution >= 0.6 is 0 Å². The van der Waals surface area contributed by atoms with Crippen LogP contribution in [0.2, 0.25) is 0 Å². The molecule has 0 aliphatic carbocycles. The van der Waals surface area contributed by atoms with Gasteiger partial charge in [0.05, 0.1) is 17.4 Å². The van der Waals surface area contributed by atoms with Crippen LogP contribution in [0.5, 0.6) is 0 Å². The lowest BCUT2D eigenvalue weighted by molar-refractivity contribution is 0.0689. The van der Waals surface area contributed by atoms with Crippen molar-refractivity contribution in [2.75, 3.05) is 0 Å². The van der Waals surface area contributed by atoms with Gasteiger partial charge in [-0.2, -0.15) is 0 Å². The standard InChI is InChI=1S/C9H8N2O2/c1-6-8(9(12)13)10-5-7-3-2-4-11(6)7/h2-5H,1H3,(H,12,13). The molecule has 0 aromatic carbocycles. The van der Waals surface area contributed by atoms with Crippen LogP contribution in [0.1, 0.15) is 16.2 Å². The predicted octanol–water partition coefficient (Wildman–Crippen LogP) is 1.34. The molecule has 0 atom stereocenters. The van der Waals surface area contributed by atoms with Gasteiger partial charge < -0.3 is 9.51 Å². The van der Waals surface area contributed by atoms with Crippen LogP contribution in [0, 0.1) is 6.92 Å². The molecule has 13 heavy (non-hydrogen) atoms. The summed E-state index contributed by atoms with van der Waals surface area (Å²) in [6, 6.07) is 3.74. The molecule has 0 radical (unpaired) electrons. The molecule has 0 saturated carbocycles. The number of hydrogen-bond donors (Lipinski definition) is 1. The van der Waals surface area contributed by atoms with Crippen LogP contribution < -0.4 is 0 Å². The normalized spacial score (nSPS) is 10.5. The van der Waals surface area contributed by atoms with E-state index in [2.05, 4.69) is 4.98 Å². The number of carboxylic acids is 1. The second-order valence-corrected chi connectivity index (χ2v) is 2.80. The summed E-state index contributed by atoms with van der Waals surface area (Å²) < 4.78 is 1.80. The number of carboxylic acid groups (broad SMARTS) is 1. The summed E-state index contributed by atoms with van der Waals surface area (Å²) in [5.41, 5.74) is 1.65. The quantitative estimate of drug-likeness (QED) is 0.713. The highest BCUT2D eigenvalue weighted by Crippen LogP contribution is 2.09. The first-order chi connectivity index (χ1) is 6.20. The molecule has 1 N–H and O–H groups in total. The van der Waals surface area contributed by atoms with Crippen molar-refractivity contribution in [2.24, 2.45) is 0 Å². The Morgan fingerprint density at radius 2 is 2.38 bits per heavy atom.